The van der Waals surface area contributed by atoms with Crippen LogP contribution in [-0.2, 0) is 4.79 Å². The zero-order valence-electron chi connectivity index (χ0n) is 14.2. The number of benzene rings is 1. The third kappa shape index (κ3) is 4.16. The molecule has 1 aromatic carbocycles. The van der Waals surface area contributed by atoms with Crippen LogP contribution in [0.25, 0.3) is 0 Å². The molecule has 0 radical (unpaired) electrons. The van der Waals surface area contributed by atoms with Gasteiger partial charge in [0, 0.05) is 6.04 Å². The van der Waals surface area contributed by atoms with Gasteiger partial charge in [0.15, 0.2) is 11.5 Å². The zero-order valence-corrected chi connectivity index (χ0v) is 14.2. The number of carbonyl (C=O) groups is 1. The second-order valence-electron chi connectivity index (χ2n) is 5.84. The van der Waals surface area contributed by atoms with Crippen molar-refractivity contribution in [2.24, 2.45) is 0 Å². The number of piperidine rings is 1. The van der Waals surface area contributed by atoms with E-state index in [4.69, 9.17) is 9.47 Å². The highest BCUT2D eigenvalue weighted by Crippen LogP contribution is 2.34. The molecule has 1 aliphatic heterocycles. The molecule has 1 saturated heterocycles. The van der Waals surface area contributed by atoms with Gasteiger partial charge >= 0.3 is 5.97 Å². The third-order valence-electron chi connectivity index (χ3n) is 4.38. The van der Waals surface area contributed by atoms with Crippen molar-refractivity contribution >= 4 is 5.97 Å². The van der Waals surface area contributed by atoms with E-state index in [0.717, 1.165) is 42.9 Å². The Labute approximate surface area is 138 Å². The molecule has 1 aliphatic rings. The normalized spacial score (nSPS) is 20.0. The van der Waals surface area contributed by atoms with E-state index in [2.05, 4.69) is 11.8 Å². The van der Waals surface area contributed by atoms with Crippen LogP contribution < -0.4 is 9.47 Å². The van der Waals surface area contributed by atoms with Crippen LogP contribution >= 0.6 is 0 Å². The lowest BCUT2D eigenvalue weighted by atomic mass is 9.97. The molecular formula is C18H27NO4. The van der Waals surface area contributed by atoms with Crippen molar-refractivity contribution in [3.8, 4) is 11.5 Å². The van der Waals surface area contributed by atoms with Crippen LogP contribution in [0.15, 0.2) is 18.2 Å². The van der Waals surface area contributed by atoms with E-state index in [1.807, 2.05) is 32.0 Å². The minimum absolute atomic E-state index is 0.0336. The van der Waals surface area contributed by atoms with Crippen molar-refractivity contribution in [1.82, 2.24) is 4.90 Å². The zero-order chi connectivity index (χ0) is 16.8. The summed E-state index contributed by atoms with van der Waals surface area (Å²) in [5.74, 6) is 0.730. The fraction of sp³-hybridized carbons (Fsp3) is 0.611. The molecule has 1 fully saturated rings. The van der Waals surface area contributed by atoms with Crippen molar-refractivity contribution in [2.45, 2.75) is 52.1 Å². The summed E-state index contributed by atoms with van der Waals surface area (Å²) in [5, 5.41) is 9.47. The van der Waals surface area contributed by atoms with Gasteiger partial charge in [-0.05, 0) is 57.9 Å². The standard InChI is InChI=1S/C18H27NO4/c1-4-22-16-10-9-14(12-17(16)23-5-2)13(3)19-11-7-6-8-15(19)18(20)21/h9-10,12-13,15H,4-8,11H2,1-3H3,(H,20,21). The number of ether oxygens (including phenoxy) is 2. The second kappa shape index (κ2) is 8.20. The van der Waals surface area contributed by atoms with Crippen LogP contribution in [0.3, 0.4) is 0 Å². The molecule has 0 aromatic heterocycles. The molecule has 1 aromatic rings. The predicted octanol–water partition coefficient (Wildman–Crippen LogP) is 3.48. The predicted molar refractivity (Wildman–Crippen MR) is 89.2 cm³/mol. The van der Waals surface area contributed by atoms with Gasteiger partial charge in [-0.2, -0.15) is 0 Å². The lowest BCUT2D eigenvalue weighted by molar-refractivity contribution is -0.145. The molecule has 128 valence electrons. The molecule has 2 atom stereocenters. The number of rotatable bonds is 7. The summed E-state index contributed by atoms with van der Waals surface area (Å²) in [6.07, 6.45) is 2.74. The fourth-order valence-electron chi connectivity index (χ4n) is 3.20. The minimum Gasteiger partial charge on any atom is -0.490 e. The van der Waals surface area contributed by atoms with Gasteiger partial charge in [0.2, 0.25) is 0 Å². The Kier molecular flexibility index (Phi) is 6.28. The molecule has 23 heavy (non-hydrogen) atoms. The maximum Gasteiger partial charge on any atom is 0.320 e. The van der Waals surface area contributed by atoms with Crippen molar-refractivity contribution < 1.29 is 19.4 Å². The number of aliphatic carboxylic acids is 1. The smallest absolute Gasteiger partial charge is 0.320 e. The van der Waals surface area contributed by atoms with Gasteiger partial charge in [0.05, 0.1) is 13.2 Å². The first-order valence-electron chi connectivity index (χ1n) is 8.46. The number of nitrogens with zero attached hydrogens (tertiary/aromatic N) is 1. The molecule has 1 N–H and O–H groups in total. The van der Waals surface area contributed by atoms with Crippen molar-refractivity contribution in [3.63, 3.8) is 0 Å². The van der Waals surface area contributed by atoms with Gasteiger partial charge in [-0.3, -0.25) is 9.69 Å². The summed E-state index contributed by atoms with van der Waals surface area (Å²) in [6, 6.07) is 5.53. The Bertz CT molecular complexity index is 532. The first-order valence-corrected chi connectivity index (χ1v) is 8.46. The highest BCUT2D eigenvalue weighted by atomic mass is 16.5. The van der Waals surface area contributed by atoms with Crippen molar-refractivity contribution in [1.29, 1.82) is 0 Å². The second-order valence-corrected chi connectivity index (χ2v) is 5.84. The summed E-state index contributed by atoms with van der Waals surface area (Å²) < 4.78 is 11.3. The van der Waals surface area contributed by atoms with Gasteiger partial charge in [0.25, 0.3) is 0 Å². The average Bonchev–Trinajstić information content (AvgIpc) is 2.56. The Balaban J connectivity index is 2.25. The van der Waals surface area contributed by atoms with Crippen molar-refractivity contribution in [3.05, 3.63) is 23.8 Å². The maximum atomic E-state index is 11.5. The topological polar surface area (TPSA) is 59.0 Å². The lowest BCUT2D eigenvalue weighted by Crippen LogP contribution is -2.45. The van der Waals surface area contributed by atoms with E-state index in [1.165, 1.54) is 0 Å². The van der Waals surface area contributed by atoms with Crippen LogP contribution in [0.2, 0.25) is 0 Å². The van der Waals surface area contributed by atoms with E-state index in [-0.39, 0.29) is 6.04 Å². The van der Waals surface area contributed by atoms with Gasteiger partial charge in [0.1, 0.15) is 6.04 Å². The van der Waals surface area contributed by atoms with Crippen molar-refractivity contribution in [2.75, 3.05) is 19.8 Å². The Morgan fingerprint density at radius 2 is 1.96 bits per heavy atom. The SMILES string of the molecule is CCOc1ccc(C(C)N2CCCCC2C(=O)O)cc1OCC. The molecule has 5 heteroatoms. The quantitative estimate of drug-likeness (QED) is 0.833. The Hall–Kier alpha value is -1.75. The summed E-state index contributed by atoms with van der Waals surface area (Å²) in [6.45, 7) is 7.91. The fourth-order valence-corrected chi connectivity index (χ4v) is 3.20. The highest BCUT2D eigenvalue weighted by Gasteiger charge is 2.32. The third-order valence-corrected chi connectivity index (χ3v) is 4.38. The molecule has 2 rings (SSSR count). The van der Waals surface area contributed by atoms with E-state index in [9.17, 15) is 9.90 Å². The van der Waals surface area contributed by atoms with Crippen LogP contribution in [0.4, 0.5) is 0 Å². The molecule has 1 heterocycles. The molecule has 0 saturated carbocycles. The molecule has 0 amide bonds. The monoisotopic (exact) mass is 321 g/mol. The molecule has 0 spiro atoms. The molecule has 0 aliphatic carbocycles. The van der Waals surface area contributed by atoms with Gasteiger partial charge < -0.3 is 14.6 Å². The van der Waals surface area contributed by atoms with E-state index in [0.29, 0.717) is 13.2 Å². The maximum absolute atomic E-state index is 11.5. The number of hydrogen-bond acceptors (Lipinski definition) is 4. The first-order chi connectivity index (χ1) is 11.1. The first kappa shape index (κ1) is 17.6. The van der Waals surface area contributed by atoms with Crippen LogP contribution in [-0.4, -0.2) is 41.8 Å². The van der Waals surface area contributed by atoms with E-state index < -0.39 is 12.0 Å². The number of carboxylic acid groups (broad SMARTS) is 1. The van der Waals surface area contributed by atoms with E-state index in [1.54, 1.807) is 0 Å². The molecular weight excluding hydrogens is 294 g/mol. The summed E-state index contributed by atoms with van der Waals surface area (Å²) in [7, 11) is 0. The summed E-state index contributed by atoms with van der Waals surface area (Å²) >= 11 is 0. The number of hydrogen-bond donors (Lipinski definition) is 1. The van der Waals surface area contributed by atoms with Crippen LogP contribution in [0.5, 0.6) is 11.5 Å². The molecule has 0 bridgehead atoms. The number of likely N-dealkylation sites (tertiary alicyclic amines) is 1. The van der Waals surface area contributed by atoms with Gasteiger partial charge in [-0.15, -0.1) is 0 Å². The largest absolute Gasteiger partial charge is 0.490 e. The molecule has 5 nitrogen and oxygen atoms in total. The Morgan fingerprint density at radius 1 is 1.26 bits per heavy atom. The minimum atomic E-state index is -0.729. The van der Waals surface area contributed by atoms with Gasteiger partial charge in [-0.25, -0.2) is 0 Å². The summed E-state index contributed by atoms with van der Waals surface area (Å²) in [4.78, 5) is 13.6. The van der Waals surface area contributed by atoms with Crippen LogP contribution in [0, 0.1) is 0 Å². The summed E-state index contributed by atoms with van der Waals surface area (Å²) in [5.41, 5.74) is 1.06. The Morgan fingerprint density at radius 3 is 2.61 bits per heavy atom. The lowest BCUT2D eigenvalue weighted by Gasteiger charge is -2.37. The van der Waals surface area contributed by atoms with Crippen LogP contribution in [0.1, 0.15) is 51.6 Å². The number of carboxylic acids is 1. The molecule has 2 unspecified atom stereocenters. The highest BCUT2D eigenvalue weighted by molar-refractivity contribution is 5.73. The van der Waals surface area contributed by atoms with E-state index >= 15 is 0 Å². The average molecular weight is 321 g/mol. The van der Waals surface area contributed by atoms with Gasteiger partial charge in [-0.1, -0.05) is 12.5 Å².